The number of urea groups is 1. The fraction of sp³-hybridized carbons (Fsp3) is 0.595. The summed E-state index contributed by atoms with van der Waals surface area (Å²) in [5.74, 6) is -2.60. The van der Waals surface area contributed by atoms with Gasteiger partial charge in [-0.2, -0.15) is 0 Å². The number of nitrogens with zero attached hydrogens (tertiary/aromatic N) is 2. The molecule has 1 aromatic carbocycles. The van der Waals surface area contributed by atoms with E-state index in [-0.39, 0.29) is 19.4 Å². The first-order valence-electron chi connectivity index (χ1n) is 18.3. The van der Waals surface area contributed by atoms with Crippen LogP contribution in [0, 0.1) is 5.92 Å². The summed E-state index contributed by atoms with van der Waals surface area (Å²) in [6.07, 6.45) is 8.07. The second-order valence-corrected chi connectivity index (χ2v) is 17.4. The molecule has 282 valence electrons. The zero-order valence-electron chi connectivity index (χ0n) is 30.1. The molecule has 0 spiro atoms. The van der Waals surface area contributed by atoms with Crippen molar-refractivity contribution in [1.82, 2.24) is 30.5 Å². The number of hydrogen-bond donors (Lipinski definition) is 4. The van der Waals surface area contributed by atoms with Gasteiger partial charge < -0.3 is 25.6 Å². The van der Waals surface area contributed by atoms with Crippen molar-refractivity contribution in [2.24, 2.45) is 5.92 Å². The van der Waals surface area contributed by atoms with Crippen molar-refractivity contribution in [1.29, 1.82) is 0 Å². The number of ether oxygens (including phenoxy) is 1. The summed E-state index contributed by atoms with van der Waals surface area (Å²) in [7, 11) is -3.90. The van der Waals surface area contributed by atoms with Crippen LogP contribution in [0.15, 0.2) is 36.9 Å². The first kappa shape index (κ1) is 37.4. The molecule has 5 aliphatic rings. The number of benzene rings is 1. The number of carbonyl (C=O) groups excluding carboxylic acids is 5. The largest absolute Gasteiger partial charge is 0.444 e. The van der Waals surface area contributed by atoms with Gasteiger partial charge in [0.15, 0.2) is 0 Å². The highest BCUT2D eigenvalue weighted by Gasteiger charge is 2.62. The molecule has 4 bridgehead atoms. The molecule has 0 unspecified atom stereocenters. The summed E-state index contributed by atoms with van der Waals surface area (Å²) >= 11 is 0. The number of nitrogens with one attached hydrogen (secondary N) is 4. The van der Waals surface area contributed by atoms with E-state index >= 15 is 0 Å². The lowest BCUT2D eigenvalue weighted by atomic mass is 9.97. The molecule has 4 N–H and O–H groups in total. The number of fused-ring (bicyclic) bond motifs is 3. The van der Waals surface area contributed by atoms with E-state index in [0.29, 0.717) is 51.6 Å². The normalized spacial score (nSPS) is 29.4. The van der Waals surface area contributed by atoms with E-state index in [9.17, 15) is 32.4 Å². The van der Waals surface area contributed by atoms with E-state index in [1.807, 2.05) is 45.0 Å². The zero-order valence-corrected chi connectivity index (χ0v) is 30.9. The maximum absolute atomic E-state index is 14.4. The second-order valence-electron chi connectivity index (χ2n) is 15.4. The van der Waals surface area contributed by atoms with Crippen molar-refractivity contribution < 1.29 is 37.1 Å². The van der Waals surface area contributed by atoms with Crippen LogP contribution in [0.5, 0.6) is 0 Å². The summed E-state index contributed by atoms with van der Waals surface area (Å²) in [5.41, 5.74) is 0.829. The third-order valence-electron chi connectivity index (χ3n) is 10.8. The van der Waals surface area contributed by atoms with Crippen molar-refractivity contribution in [3.8, 4) is 0 Å². The van der Waals surface area contributed by atoms with Crippen LogP contribution in [0.25, 0.3) is 6.08 Å². The Morgan fingerprint density at radius 3 is 2.62 bits per heavy atom. The first-order valence-corrected chi connectivity index (χ1v) is 19.8. The SMILES string of the molecule is C=C[C@@H]1C[C@@]1(NC(=O)[C@@H]1C[C@@H]2CN1C(=O)[C@H](CCCC)NC(=O)NC(C)(C)CC/C=C/c1cccc3c1CN(C3)C(=O)O2)C(=O)NS(=O)(=O)C1CC1. The summed E-state index contributed by atoms with van der Waals surface area (Å²) in [6, 6.07) is 3.22. The van der Waals surface area contributed by atoms with Crippen LogP contribution in [0.4, 0.5) is 9.59 Å². The van der Waals surface area contributed by atoms with Crippen LogP contribution < -0.4 is 20.7 Å². The fourth-order valence-electron chi connectivity index (χ4n) is 7.43. The summed E-state index contributed by atoms with van der Waals surface area (Å²) < 4.78 is 33.4. The summed E-state index contributed by atoms with van der Waals surface area (Å²) in [5, 5.41) is 7.95. The Bertz CT molecular complexity index is 1770. The lowest BCUT2D eigenvalue weighted by molar-refractivity contribution is -0.141. The van der Waals surface area contributed by atoms with Crippen molar-refractivity contribution in [2.75, 3.05) is 6.54 Å². The van der Waals surface area contributed by atoms with Crippen LogP contribution in [0.3, 0.4) is 0 Å². The minimum absolute atomic E-state index is 0.0609. The van der Waals surface area contributed by atoms with Crippen LogP contribution in [-0.4, -0.2) is 89.1 Å². The van der Waals surface area contributed by atoms with Gasteiger partial charge in [-0.25, -0.2) is 18.0 Å². The molecule has 2 saturated carbocycles. The van der Waals surface area contributed by atoms with Crippen LogP contribution in [0.2, 0.25) is 0 Å². The molecule has 3 aliphatic heterocycles. The molecule has 0 radical (unpaired) electrons. The number of allylic oxidation sites excluding steroid dienone is 1. The van der Waals surface area contributed by atoms with Gasteiger partial charge in [0.1, 0.15) is 23.7 Å². The molecule has 5 atom stereocenters. The Morgan fingerprint density at radius 2 is 1.92 bits per heavy atom. The van der Waals surface area contributed by atoms with E-state index in [0.717, 1.165) is 23.1 Å². The van der Waals surface area contributed by atoms with Gasteiger partial charge in [0.25, 0.3) is 5.91 Å². The Balaban J connectivity index is 1.28. The van der Waals surface area contributed by atoms with Crippen LogP contribution in [-0.2, 0) is 42.2 Å². The first-order chi connectivity index (χ1) is 24.7. The highest BCUT2D eigenvalue weighted by atomic mass is 32.2. The molecular weight excluding hydrogens is 689 g/mol. The number of carbonyl (C=O) groups is 5. The molecule has 3 fully saturated rings. The highest BCUT2D eigenvalue weighted by Crippen LogP contribution is 2.45. The molecular formula is C37H50N6O8S. The summed E-state index contributed by atoms with van der Waals surface area (Å²) in [6.45, 7) is 10.1. The Hall–Kier alpha value is -4.40. The lowest BCUT2D eigenvalue weighted by Crippen LogP contribution is -2.59. The van der Waals surface area contributed by atoms with Gasteiger partial charge in [-0.15, -0.1) is 6.58 Å². The predicted octanol–water partition coefficient (Wildman–Crippen LogP) is 3.22. The second kappa shape index (κ2) is 14.6. The van der Waals surface area contributed by atoms with Gasteiger partial charge in [0.05, 0.1) is 18.3 Å². The molecule has 3 heterocycles. The molecule has 0 aromatic heterocycles. The average Bonchev–Trinajstić information content (AvgIpc) is 3.98. The monoisotopic (exact) mass is 738 g/mol. The van der Waals surface area contributed by atoms with E-state index in [4.69, 9.17) is 4.74 Å². The fourth-order valence-corrected chi connectivity index (χ4v) is 8.79. The lowest BCUT2D eigenvalue weighted by Gasteiger charge is -2.31. The molecule has 52 heavy (non-hydrogen) atoms. The maximum Gasteiger partial charge on any atom is 0.410 e. The van der Waals surface area contributed by atoms with E-state index in [2.05, 4.69) is 33.3 Å². The van der Waals surface area contributed by atoms with Crippen LogP contribution in [0.1, 0.15) is 95.2 Å². The van der Waals surface area contributed by atoms with Gasteiger partial charge in [-0.3, -0.25) is 24.0 Å². The molecule has 1 aromatic rings. The molecule has 15 heteroatoms. The minimum atomic E-state index is -3.90. The van der Waals surface area contributed by atoms with Crippen molar-refractivity contribution >= 4 is 45.9 Å². The number of rotatable bonds is 9. The number of hydrogen-bond acceptors (Lipinski definition) is 8. The van der Waals surface area contributed by atoms with E-state index < -0.39 is 80.3 Å². The Labute approximate surface area is 305 Å². The summed E-state index contributed by atoms with van der Waals surface area (Å²) in [4.78, 5) is 71.8. The number of sulfonamides is 1. The minimum Gasteiger partial charge on any atom is -0.444 e. The molecule has 14 nitrogen and oxygen atoms in total. The van der Waals surface area contributed by atoms with Crippen molar-refractivity contribution in [2.45, 2.75) is 126 Å². The highest BCUT2D eigenvalue weighted by molar-refractivity contribution is 7.91. The zero-order chi connectivity index (χ0) is 37.4. The van der Waals surface area contributed by atoms with Gasteiger partial charge in [-0.1, -0.05) is 56.2 Å². The molecule has 1 saturated heterocycles. The standard InChI is InChI=1S/C37H50N6O8S/c1-5-7-14-29-32(45)43-21-26(18-30(43)31(44)39-37(19-25(37)6-2)33(46)41-52(49,50)27-15-16-27)51-35(48)42-20-24-13-10-12-23(28(24)22-42)11-8-9-17-36(3,4)40-34(47)38-29/h6,8,10-13,25-27,29-30H,2,5,7,9,14-22H2,1,3-4H3,(H,39,44)(H,41,46)(H2,38,40,47)/b11-8+/t25-,26-,29+,30+,37+/m1/s1. The molecule has 6 rings (SSSR count). The topological polar surface area (TPSA) is 183 Å². The number of unbranched alkanes of at least 4 members (excludes halogenated alkanes) is 1. The predicted molar refractivity (Wildman–Crippen MR) is 193 cm³/mol. The Kier molecular flexibility index (Phi) is 10.5. The van der Waals surface area contributed by atoms with Crippen molar-refractivity contribution in [3.05, 3.63) is 53.6 Å². The van der Waals surface area contributed by atoms with E-state index in [1.165, 1.54) is 11.0 Å². The maximum atomic E-state index is 14.4. The molecule has 2 aliphatic carbocycles. The van der Waals surface area contributed by atoms with Gasteiger partial charge in [0, 0.05) is 24.4 Å². The number of amides is 6. The average molecular weight is 739 g/mol. The van der Waals surface area contributed by atoms with Crippen molar-refractivity contribution in [3.63, 3.8) is 0 Å². The Morgan fingerprint density at radius 1 is 1.15 bits per heavy atom. The van der Waals surface area contributed by atoms with Gasteiger partial charge in [0.2, 0.25) is 21.8 Å². The third kappa shape index (κ3) is 7.98. The third-order valence-corrected chi connectivity index (χ3v) is 12.6. The smallest absolute Gasteiger partial charge is 0.410 e. The van der Waals surface area contributed by atoms with Crippen LogP contribution >= 0.6 is 0 Å². The quantitative estimate of drug-likeness (QED) is 0.279. The molecule has 6 amide bonds. The van der Waals surface area contributed by atoms with Gasteiger partial charge >= 0.3 is 12.1 Å². The van der Waals surface area contributed by atoms with E-state index in [1.54, 1.807) is 4.90 Å². The van der Waals surface area contributed by atoms with Gasteiger partial charge in [-0.05, 0) is 69.1 Å².